The molecule has 1 heterocycles. The number of para-hydroxylation sites is 1. The number of aryl methyl sites for hydroxylation is 1. The van der Waals surface area contributed by atoms with Crippen LogP contribution in [0.2, 0.25) is 0 Å². The van der Waals surface area contributed by atoms with E-state index in [0.717, 1.165) is 16.0 Å². The Bertz CT molecular complexity index is 637. The number of nitrogens with zero attached hydrogens (tertiary/aromatic N) is 2. The molecular formula is C14H16BrN3O2. The number of aromatic nitrogens is 2. The van der Waals surface area contributed by atoms with Crippen LogP contribution in [0.5, 0.6) is 0 Å². The monoisotopic (exact) mass is 337 g/mol. The van der Waals surface area contributed by atoms with E-state index in [0.29, 0.717) is 18.8 Å². The van der Waals surface area contributed by atoms with Crippen molar-refractivity contribution < 1.29 is 9.53 Å². The lowest BCUT2D eigenvalue weighted by Gasteiger charge is -2.10. The van der Waals surface area contributed by atoms with Gasteiger partial charge >= 0.3 is 5.97 Å². The maximum absolute atomic E-state index is 11.9. The van der Waals surface area contributed by atoms with E-state index in [1.54, 1.807) is 11.5 Å². The Morgan fingerprint density at radius 1 is 1.40 bits per heavy atom. The summed E-state index contributed by atoms with van der Waals surface area (Å²) in [5.41, 5.74) is 7.11. The standard InChI is InChI=1S/C14H16BrN3O2/c1-3-11-17-12(14(19)20-4-2)13(16)18(11)10-8-6-5-7-9(10)15/h5-8H,3-4,16H2,1-2H3. The quantitative estimate of drug-likeness (QED) is 0.870. The number of nitrogen functional groups attached to an aromatic ring is 1. The summed E-state index contributed by atoms with van der Waals surface area (Å²) in [6, 6.07) is 7.65. The molecule has 0 aliphatic rings. The SMILES string of the molecule is CCOC(=O)c1nc(CC)n(-c2ccccc2Br)c1N. The predicted octanol–water partition coefficient (Wildman–Crippen LogP) is 2.96. The van der Waals surface area contributed by atoms with E-state index in [4.69, 9.17) is 10.5 Å². The average Bonchev–Trinajstić information content (AvgIpc) is 2.77. The van der Waals surface area contributed by atoms with Gasteiger partial charge in [-0.3, -0.25) is 4.57 Å². The van der Waals surface area contributed by atoms with Crippen LogP contribution < -0.4 is 5.73 Å². The molecule has 0 bridgehead atoms. The first-order valence-corrected chi connectivity index (χ1v) is 7.18. The van der Waals surface area contributed by atoms with Crippen molar-refractivity contribution in [3.8, 4) is 5.69 Å². The van der Waals surface area contributed by atoms with E-state index in [2.05, 4.69) is 20.9 Å². The van der Waals surface area contributed by atoms with Crippen molar-refractivity contribution >= 4 is 27.7 Å². The van der Waals surface area contributed by atoms with Crippen LogP contribution >= 0.6 is 15.9 Å². The number of ether oxygens (including phenoxy) is 1. The van der Waals surface area contributed by atoms with Gasteiger partial charge in [0.15, 0.2) is 5.69 Å². The number of esters is 1. The number of imidazole rings is 1. The molecule has 2 rings (SSSR count). The Balaban J connectivity index is 2.59. The van der Waals surface area contributed by atoms with Gasteiger partial charge in [-0.15, -0.1) is 0 Å². The fourth-order valence-electron chi connectivity index (χ4n) is 1.97. The zero-order valence-electron chi connectivity index (χ0n) is 11.4. The highest BCUT2D eigenvalue weighted by Crippen LogP contribution is 2.27. The highest BCUT2D eigenvalue weighted by molar-refractivity contribution is 9.10. The van der Waals surface area contributed by atoms with Crippen LogP contribution in [0.1, 0.15) is 30.2 Å². The summed E-state index contributed by atoms with van der Waals surface area (Å²) in [4.78, 5) is 16.2. The fraction of sp³-hybridized carbons (Fsp3) is 0.286. The van der Waals surface area contributed by atoms with Crippen molar-refractivity contribution in [2.24, 2.45) is 0 Å². The molecule has 0 saturated carbocycles. The molecule has 2 N–H and O–H groups in total. The first-order chi connectivity index (χ1) is 9.60. The van der Waals surface area contributed by atoms with Crippen molar-refractivity contribution in [3.05, 3.63) is 40.3 Å². The molecule has 6 heteroatoms. The van der Waals surface area contributed by atoms with Gasteiger partial charge in [-0.1, -0.05) is 19.1 Å². The topological polar surface area (TPSA) is 70.1 Å². The summed E-state index contributed by atoms with van der Waals surface area (Å²) >= 11 is 3.49. The molecule has 0 radical (unpaired) electrons. The van der Waals surface area contributed by atoms with Crippen molar-refractivity contribution in [2.45, 2.75) is 20.3 Å². The van der Waals surface area contributed by atoms with E-state index >= 15 is 0 Å². The van der Waals surface area contributed by atoms with Crippen molar-refractivity contribution in [2.75, 3.05) is 12.3 Å². The number of nitrogens with two attached hydrogens (primary N) is 1. The zero-order chi connectivity index (χ0) is 14.7. The van der Waals surface area contributed by atoms with E-state index in [9.17, 15) is 4.79 Å². The lowest BCUT2D eigenvalue weighted by atomic mass is 10.3. The van der Waals surface area contributed by atoms with Crippen LogP contribution in [0.3, 0.4) is 0 Å². The molecule has 20 heavy (non-hydrogen) atoms. The molecule has 0 fully saturated rings. The molecule has 0 aliphatic carbocycles. The van der Waals surface area contributed by atoms with Crippen LogP contribution in [0.15, 0.2) is 28.7 Å². The molecule has 5 nitrogen and oxygen atoms in total. The van der Waals surface area contributed by atoms with Gasteiger partial charge in [0.1, 0.15) is 11.6 Å². The second-order valence-corrected chi connectivity index (χ2v) is 4.98. The first kappa shape index (κ1) is 14.6. The lowest BCUT2D eigenvalue weighted by Crippen LogP contribution is -2.09. The average molecular weight is 338 g/mol. The Morgan fingerprint density at radius 3 is 2.70 bits per heavy atom. The number of anilines is 1. The Kier molecular flexibility index (Phi) is 4.44. The summed E-state index contributed by atoms with van der Waals surface area (Å²) in [5.74, 6) is 0.523. The number of benzene rings is 1. The molecule has 0 amide bonds. The highest BCUT2D eigenvalue weighted by Gasteiger charge is 2.22. The Morgan fingerprint density at radius 2 is 2.10 bits per heavy atom. The van der Waals surface area contributed by atoms with Crippen molar-refractivity contribution in [1.29, 1.82) is 0 Å². The molecule has 0 saturated heterocycles. The van der Waals surface area contributed by atoms with Gasteiger partial charge in [0, 0.05) is 10.9 Å². The lowest BCUT2D eigenvalue weighted by molar-refractivity contribution is 0.0521. The zero-order valence-corrected chi connectivity index (χ0v) is 13.0. The van der Waals surface area contributed by atoms with Crippen LogP contribution in [0.25, 0.3) is 5.69 Å². The van der Waals surface area contributed by atoms with E-state index in [1.807, 2.05) is 31.2 Å². The predicted molar refractivity (Wildman–Crippen MR) is 81.0 cm³/mol. The molecule has 0 atom stereocenters. The van der Waals surface area contributed by atoms with E-state index < -0.39 is 5.97 Å². The second kappa shape index (κ2) is 6.09. The van der Waals surface area contributed by atoms with Gasteiger partial charge in [0.05, 0.1) is 12.3 Å². The molecule has 2 aromatic rings. The number of halogens is 1. The molecule has 0 unspecified atom stereocenters. The molecule has 0 aliphatic heterocycles. The normalized spacial score (nSPS) is 10.6. The van der Waals surface area contributed by atoms with Gasteiger partial charge in [-0.2, -0.15) is 0 Å². The van der Waals surface area contributed by atoms with Gasteiger partial charge in [0.25, 0.3) is 0 Å². The van der Waals surface area contributed by atoms with Crippen molar-refractivity contribution in [3.63, 3.8) is 0 Å². The molecular weight excluding hydrogens is 322 g/mol. The number of carbonyl (C=O) groups excluding carboxylic acids is 1. The minimum atomic E-state index is -0.495. The third-order valence-corrected chi connectivity index (χ3v) is 3.53. The maximum Gasteiger partial charge on any atom is 0.360 e. The summed E-state index contributed by atoms with van der Waals surface area (Å²) in [6.07, 6.45) is 0.658. The first-order valence-electron chi connectivity index (χ1n) is 6.39. The van der Waals surface area contributed by atoms with Crippen LogP contribution in [0.4, 0.5) is 5.82 Å². The largest absolute Gasteiger partial charge is 0.461 e. The minimum absolute atomic E-state index is 0.166. The van der Waals surface area contributed by atoms with Crippen molar-refractivity contribution in [1.82, 2.24) is 9.55 Å². The summed E-state index contributed by atoms with van der Waals surface area (Å²) in [6.45, 7) is 4.01. The van der Waals surface area contributed by atoms with E-state index in [1.165, 1.54) is 0 Å². The van der Waals surface area contributed by atoms with E-state index in [-0.39, 0.29) is 5.69 Å². The molecule has 1 aromatic carbocycles. The summed E-state index contributed by atoms with van der Waals surface area (Å²) in [5, 5.41) is 0. The van der Waals surface area contributed by atoms with Gasteiger partial charge in [-0.25, -0.2) is 9.78 Å². The third-order valence-electron chi connectivity index (χ3n) is 2.86. The maximum atomic E-state index is 11.9. The summed E-state index contributed by atoms with van der Waals surface area (Å²) in [7, 11) is 0. The number of carbonyl (C=O) groups is 1. The minimum Gasteiger partial charge on any atom is -0.461 e. The third kappa shape index (κ3) is 2.56. The van der Waals surface area contributed by atoms with Crippen LogP contribution in [-0.4, -0.2) is 22.1 Å². The molecule has 106 valence electrons. The smallest absolute Gasteiger partial charge is 0.360 e. The number of hydrogen-bond acceptors (Lipinski definition) is 4. The molecule has 0 spiro atoms. The Labute approximate surface area is 125 Å². The molecule has 1 aromatic heterocycles. The fourth-order valence-corrected chi connectivity index (χ4v) is 2.43. The Hall–Kier alpha value is -1.82. The van der Waals surface area contributed by atoms with Crippen LogP contribution in [0, 0.1) is 0 Å². The number of hydrogen-bond donors (Lipinski definition) is 1. The van der Waals surface area contributed by atoms with Gasteiger partial charge < -0.3 is 10.5 Å². The van der Waals surface area contributed by atoms with Gasteiger partial charge in [-0.05, 0) is 35.0 Å². The highest BCUT2D eigenvalue weighted by atomic mass is 79.9. The number of rotatable bonds is 4. The van der Waals surface area contributed by atoms with Gasteiger partial charge in [0.2, 0.25) is 0 Å². The second-order valence-electron chi connectivity index (χ2n) is 4.12. The summed E-state index contributed by atoms with van der Waals surface area (Å²) < 4.78 is 7.64. The van der Waals surface area contributed by atoms with Crippen LogP contribution in [-0.2, 0) is 11.2 Å².